The number of esters is 3. The number of nitrogens with zero attached hydrogens (tertiary/aromatic N) is 1. The second-order valence-corrected chi connectivity index (χ2v) is 7.40. The van der Waals surface area contributed by atoms with Gasteiger partial charge in [0.2, 0.25) is 11.8 Å². The third-order valence-electron chi connectivity index (χ3n) is 5.52. The highest BCUT2D eigenvalue weighted by molar-refractivity contribution is 6.23. The van der Waals surface area contributed by atoms with E-state index >= 15 is 0 Å². The van der Waals surface area contributed by atoms with Gasteiger partial charge in [-0.3, -0.25) is 19.2 Å². The molecule has 4 rings (SSSR count). The van der Waals surface area contributed by atoms with Crippen LogP contribution in [0.5, 0.6) is 0 Å². The average molecular weight is 429 g/mol. The molecule has 2 fully saturated rings. The van der Waals surface area contributed by atoms with Gasteiger partial charge in [0.15, 0.2) is 5.60 Å². The summed E-state index contributed by atoms with van der Waals surface area (Å²) < 4.78 is 20.9. The van der Waals surface area contributed by atoms with E-state index in [9.17, 15) is 24.0 Å². The van der Waals surface area contributed by atoms with Crippen LogP contribution in [0.2, 0.25) is 0 Å². The normalized spacial score (nSPS) is 28.1. The molecule has 0 N–H and O–H groups in total. The van der Waals surface area contributed by atoms with Gasteiger partial charge >= 0.3 is 17.9 Å². The first-order valence-corrected chi connectivity index (χ1v) is 9.47. The molecule has 0 unspecified atom stereocenters. The van der Waals surface area contributed by atoms with Crippen molar-refractivity contribution in [3.8, 4) is 0 Å². The zero-order valence-corrected chi connectivity index (χ0v) is 16.9. The average Bonchev–Trinajstić information content (AvgIpc) is 3.37. The van der Waals surface area contributed by atoms with E-state index < -0.39 is 59.6 Å². The molecule has 3 aliphatic rings. The molecule has 0 aromatic heterocycles. The van der Waals surface area contributed by atoms with E-state index in [4.69, 9.17) is 18.9 Å². The molecule has 162 valence electrons. The van der Waals surface area contributed by atoms with Crippen molar-refractivity contribution in [1.29, 1.82) is 0 Å². The maximum absolute atomic E-state index is 13.4. The van der Waals surface area contributed by atoms with Crippen LogP contribution in [-0.2, 0) is 38.1 Å². The molecule has 4 atom stereocenters. The molecule has 0 aliphatic carbocycles. The molecule has 0 spiro atoms. The second kappa shape index (κ2) is 7.31. The molecular formula is C21H19NO9. The standard InChI is InChI=1S/C21H19NO9/c1-10(23)29-20(30-11(2)24)21-8-7-14(31-21)15-16(21)18(26)22(17(15)25)13-6-4-5-12(9-13)19(27)28-3/h4-9,14-16,20H,1-3H3/t14-,15+,16+,21-/m0/s1. The summed E-state index contributed by atoms with van der Waals surface area (Å²) in [6.07, 6.45) is 0.774. The van der Waals surface area contributed by atoms with Crippen molar-refractivity contribution < 1.29 is 42.9 Å². The lowest BCUT2D eigenvalue weighted by molar-refractivity contribution is -0.226. The molecule has 31 heavy (non-hydrogen) atoms. The van der Waals surface area contributed by atoms with Crippen molar-refractivity contribution in [3.63, 3.8) is 0 Å². The predicted octanol–water partition coefficient (Wildman–Crippen LogP) is 0.738. The Labute approximate surface area is 176 Å². The summed E-state index contributed by atoms with van der Waals surface area (Å²) in [5, 5.41) is 0. The smallest absolute Gasteiger partial charge is 0.337 e. The van der Waals surface area contributed by atoms with Crippen LogP contribution in [0.15, 0.2) is 36.4 Å². The molecule has 3 heterocycles. The van der Waals surface area contributed by atoms with Crippen LogP contribution in [0.4, 0.5) is 5.69 Å². The zero-order chi connectivity index (χ0) is 22.5. The van der Waals surface area contributed by atoms with Gasteiger partial charge in [-0.2, -0.15) is 0 Å². The summed E-state index contributed by atoms with van der Waals surface area (Å²) in [5.74, 6) is -5.24. The highest BCUT2D eigenvalue weighted by Crippen LogP contribution is 2.54. The number of carbonyl (C=O) groups excluding carboxylic acids is 5. The fourth-order valence-electron chi connectivity index (χ4n) is 4.36. The van der Waals surface area contributed by atoms with Gasteiger partial charge in [0.05, 0.1) is 36.3 Å². The largest absolute Gasteiger partial charge is 0.465 e. The fraction of sp³-hybridized carbons (Fsp3) is 0.381. The number of hydrogen-bond acceptors (Lipinski definition) is 9. The number of anilines is 1. The summed E-state index contributed by atoms with van der Waals surface area (Å²) >= 11 is 0. The number of fused-ring (bicyclic) bond motifs is 5. The molecule has 3 aliphatic heterocycles. The number of amides is 2. The molecule has 10 nitrogen and oxygen atoms in total. The summed E-state index contributed by atoms with van der Waals surface area (Å²) in [4.78, 5) is 62.7. The number of rotatable bonds is 5. The number of carbonyl (C=O) groups is 5. The molecule has 10 heteroatoms. The molecule has 2 bridgehead atoms. The van der Waals surface area contributed by atoms with Gasteiger partial charge in [0, 0.05) is 13.8 Å². The summed E-state index contributed by atoms with van der Waals surface area (Å²) in [6.45, 7) is 2.25. The molecule has 2 amide bonds. The SMILES string of the molecule is COC(=O)c1cccc(N2C(=O)[C@@H]3[C@@H]4C=C[C@](C(OC(C)=O)OC(C)=O)(O4)[C@H]3C2=O)c1. The first-order chi connectivity index (χ1) is 14.7. The molecule has 1 aromatic rings. The van der Waals surface area contributed by atoms with Crippen LogP contribution >= 0.6 is 0 Å². The molecular weight excluding hydrogens is 410 g/mol. The van der Waals surface area contributed by atoms with E-state index in [-0.39, 0.29) is 11.3 Å². The van der Waals surface area contributed by atoms with Crippen molar-refractivity contribution in [2.24, 2.45) is 11.8 Å². The van der Waals surface area contributed by atoms with E-state index in [1.807, 2.05) is 0 Å². The Bertz CT molecular complexity index is 1020. The fourth-order valence-corrected chi connectivity index (χ4v) is 4.36. The van der Waals surface area contributed by atoms with Crippen LogP contribution in [0, 0.1) is 11.8 Å². The number of imide groups is 1. The van der Waals surface area contributed by atoms with Gasteiger partial charge in [-0.05, 0) is 24.3 Å². The Hall–Kier alpha value is -3.53. The van der Waals surface area contributed by atoms with Crippen LogP contribution in [0.3, 0.4) is 0 Å². The first kappa shape index (κ1) is 20.7. The lowest BCUT2D eigenvalue weighted by Gasteiger charge is -2.34. The van der Waals surface area contributed by atoms with Crippen molar-refractivity contribution in [2.75, 3.05) is 12.0 Å². The van der Waals surface area contributed by atoms with Crippen LogP contribution in [0.25, 0.3) is 0 Å². The number of hydrogen-bond donors (Lipinski definition) is 0. The maximum atomic E-state index is 13.4. The number of ether oxygens (including phenoxy) is 4. The Balaban J connectivity index is 1.73. The Kier molecular flexibility index (Phi) is 4.89. The summed E-state index contributed by atoms with van der Waals surface area (Å²) in [6, 6.07) is 5.91. The molecule has 1 aromatic carbocycles. The maximum Gasteiger partial charge on any atom is 0.337 e. The van der Waals surface area contributed by atoms with Gasteiger partial charge in [-0.1, -0.05) is 12.1 Å². The molecule has 2 saturated heterocycles. The monoisotopic (exact) mass is 429 g/mol. The van der Waals surface area contributed by atoms with Gasteiger partial charge in [0.1, 0.15) is 0 Å². The Morgan fingerprint density at radius 1 is 1.10 bits per heavy atom. The zero-order valence-electron chi connectivity index (χ0n) is 16.9. The Morgan fingerprint density at radius 2 is 1.77 bits per heavy atom. The quantitative estimate of drug-likeness (QED) is 0.288. The van der Waals surface area contributed by atoms with Crippen molar-refractivity contribution >= 4 is 35.4 Å². The summed E-state index contributed by atoms with van der Waals surface area (Å²) in [7, 11) is 1.22. The minimum Gasteiger partial charge on any atom is -0.465 e. The van der Waals surface area contributed by atoms with E-state index in [0.29, 0.717) is 0 Å². The predicted molar refractivity (Wildman–Crippen MR) is 101 cm³/mol. The van der Waals surface area contributed by atoms with Crippen LogP contribution in [0.1, 0.15) is 24.2 Å². The highest BCUT2D eigenvalue weighted by Gasteiger charge is 2.72. The second-order valence-electron chi connectivity index (χ2n) is 7.40. The third-order valence-corrected chi connectivity index (χ3v) is 5.52. The number of benzene rings is 1. The van der Waals surface area contributed by atoms with E-state index in [0.717, 1.165) is 18.7 Å². The van der Waals surface area contributed by atoms with Crippen molar-refractivity contribution in [3.05, 3.63) is 42.0 Å². The minimum absolute atomic E-state index is 0.169. The van der Waals surface area contributed by atoms with Gasteiger partial charge < -0.3 is 18.9 Å². The van der Waals surface area contributed by atoms with E-state index in [1.54, 1.807) is 6.08 Å². The van der Waals surface area contributed by atoms with Gasteiger partial charge in [0.25, 0.3) is 6.29 Å². The first-order valence-electron chi connectivity index (χ1n) is 9.47. The van der Waals surface area contributed by atoms with E-state index in [2.05, 4.69) is 0 Å². The van der Waals surface area contributed by atoms with Crippen molar-refractivity contribution in [1.82, 2.24) is 0 Å². The molecule has 0 saturated carbocycles. The van der Waals surface area contributed by atoms with E-state index in [1.165, 1.54) is 37.5 Å². The minimum atomic E-state index is -1.63. The van der Waals surface area contributed by atoms with Crippen LogP contribution in [-0.4, -0.2) is 54.8 Å². The lowest BCUT2D eigenvalue weighted by Crippen LogP contribution is -2.52. The van der Waals surface area contributed by atoms with Gasteiger partial charge in [-0.15, -0.1) is 0 Å². The summed E-state index contributed by atoms with van der Waals surface area (Å²) in [5.41, 5.74) is -1.27. The topological polar surface area (TPSA) is 126 Å². The highest BCUT2D eigenvalue weighted by atomic mass is 16.7. The van der Waals surface area contributed by atoms with Crippen LogP contribution < -0.4 is 4.90 Å². The molecule has 0 radical (unpaired) electrons. The van der Waals surface area contributed by atoms with Gasteiger partial charge in [-0.25, -0.2) is 9.69 Å². The van der Waals surface area contributed by atoms with Crippen molar-refractivity contribution in [2.45, 2.75) is 31.8 Å². The number of methoxy groups -OCH3 is 1. The lowest BCUT2D eigenvalue weighted by atomic mass is 9.76. The Morgan fingerprint density at radius 3 is 2.39 bits per heavy atom. The third kappa shape index (κ3) is 3.10.